The maximum atomic E-state index is 10.7. The zero-order valence-electron chi connectivity index (χ0n) is 10.4. The van der Waals surface area contributed by atoms with E-state index in [0.29, 0.717) is 12.8 Å². The highest BCUT2D eigenvalue weighted by atomic mass is 16.5. The van der Waals surface area contributed by atoms with Gasteiger partial charge in [0.15, 0.2) is 0 Å². The van der Waals surface area contributed by atoms with Crippen molar-refractivity contribution >= 4 is 5.97 Å². The Balaban J connectivity index is 2.77. The number of carboxylic acid groups (broad SMARTS) is 1. The summed E-state index contributed by atoms with van der Waals surface area (Å²) in [7, 11) is 3.21. The second kappa shape index (κ2) is 6.13. The summed E-state index contributed by atoms with van der Waals surface area (Å²) >= 11 is 0. The molecule has 4 heteroatoms. The van der Waals surface area contributed by atoms with Crippen LogP contribution in [0, 0.1) is 5.92 Å². The monoisotopic (exact) mass is 238 g/mol. The Morgan fingerprint density at radius 3 is 2.59 bits per heavy atom. The fourth-order valence-electron chi connectivity index (χ4n) is 1.57. The van der Waals surface area contributed by atoms with Gasteiger partial charge in [-0.05, 0) is 36.6 Å². The van der Waals surface area contributed by atoms with Crippen molar-refractivity contribution in [2.75, 3.05) is 14.2 Å². The van der Waals surface area contributed by atoms with E-state index in [-0.39, 0.29) is 5.92 Å². The molecular formula is C13H18O4. The SMILES string of the molecule is COc1ccc(OC)c(CCC(C)C(=O)O)c1. The number of aryl methyl sites for hydroxylation is 1. The molecule has 0 radical (unpaired) electrons. The smallest absolute Gasteiger partial charge is 0.306 e. The first-order valence-electron chi connectivity index (χ1n) is 5.52. The number of hydrogen-bond acceptors (Lipinski definition) is 3. The van der Waals surface area contributed by atoms with Crippen LogP contribution in [0.1, 0.15) is 18.9 Å². The van der Waals surface area contributed by atoms with Crippen LogP contribution < -0.4 is 9.47 Å². The third kappa shape index (κ3) is 3.66. The number of methoxy groups -OCH3 is 2. The van der Waals surface area contributed by atoms with Gasteiger partial charge in [0, 0.05) is 0 Å². The number of carbonyl (C=O) groups is 1. The van der Waals surface area contributed by atoms with E-state index in [1.54, 1.807) is 21.1 Å². The molecule has 0 spiro atoms. The van der Waals surface area contributed by atoms with Crippen molar-refractivity contribution in [1.29, 1.82) is 0 Å². The fraction of sp³-hybridized carbons (Fsp3) is 0.462. The van der Waals surface area contributed by atoms with E-state index in [2.05, 4.69) is 0 Å². The van der Waals surface area contributed by atoms with Crippen LogP contribution in [0.2, 0.25) is 0 Å². The van der Waals surface area contributed by atoms with Crippen LogP contribution in [0.15, 0.2) is 18.2 Å². The molecule has 0 aliphatic rings. The molecule has 0 saturated carbocycles. The van der Waals surface area contributed by atoms with Crippen LogP contribution in [0.3, 0.4) is 0 Å². The normalized spacial score (nSPS) is 11.9. The quantitative estimate of drug-likeness (QED) is 0.826. The van der Waals surface area contributed by atoms with Crippen molar-refractivity contribution in [1.82, 2.24) is 0 Å². The lowest BCUT2D eigenvalue weighted by Gasteiger charge is -2.11. The Morgan fingerprint density at radius 1 is 1.35 bits per heavy atom. The van der Waals surface area contributed by atoms with Gasteiger partial charge < -0.3 is 14.6 Å². The second-order valence-electron chi connectivity index (χ2n) is 3.96. The van der Waals surface area contributed by atoms with Crippen LogP contribution in [0.25, 0.3) is 0 Å². The number of benzene rings is 1. The summed E-state index contributed by atoms with van der Waals surface area (Å²) in [4.78, 5) is 10.7. The van der Waals surface area contributed by atoms with Gasteiger partial charge in [-0.15, -0.1) is 0 Å². The van der Waals surface area contributed by atoms with Gasteiger partial charge in [-0.1, -0.05) is 6.92 Å². The lowest BCUT2D eigenvalue weighted by atomic mass is 10.0. The molecule has 1 N–H and O–H groups in total. The lowest BCUT2D eigenvalue weighted by molar-refractivity contribution is -0.141. The van der Waals surface area contributed by atoms with E-state index in [9.17, 15) is 4.79 Å². The minimum atomic E-state index is -0.771. The molecule has 1 aromatic carbocycles. The summed E-state index contributed by atoms with van der Waals surface area (Å²) in [5.74, 6) is 0.393. The Labute approximate surface area is 101 Å². The summed E-state index contributed by atoms with van der Waals surface area (Å²) in [6.07, 6.45) is 1.24. The van der Waals surface area contributed by atoms with Gasteiger partial charge in [0.2, 0.25) is 0 Å². The summed E-state index contributed by atoms with van der Waals surface area (Å²) in [6, 6.07) is 5.54. The van der Waals surface area contributed by atoms with E-state index in [1.807, 2.05) is 18.2 Å². The molecule has 1 aromatic rings. The highest BCUT2D eigenvalue weighted by Gasteiger charge is 2.12. The third-order valence-corrected chi connectivity index (χ3v) is 2.76. The first kappa shape index (κ1) is 13.4. The maximum absolute atomic E-state index is 10.7. The Kier molecular flexibility index (Phi) is 4.82. The van der Waals surface area contributed by atoms with Crippen molar-refractivity contribution in [3.63, 3.8) is 0 Å². The molecular weight excluding hydrogens is 220 g/mol. The fourth-order valence-corrected chi connectivity index (χ4v) is 1.57. The van der Waals surface area contributed by atoms with Gasteiger partial charge in [0.25, 0.3) is 0 Å². The van der Waals surface area contributed by atoms with Crippen molar-refractivity contribution in [3.05, 3.63) is 23.8 Å². The molecule has 4 nitrogen and oxygen atoms in total. The third-order valence-electron chi connectivity index (χ3n) is 2.76. The van der Waals surface area contributed by atoms with Crippen LogP contribution in [-0.2, 0) is 11.2 Å². The molecule has 0 fully saturated rings. The molecule has 1 rings (SSSR count). The van der Waals surface area contributed by atoms with Crippen LogP contribution in [0.5, 0.6) is 11.5 Å². The average molecular weight is 238 g/mol. The standard InChI is InChI=1S/C13H18O4/c1-9(13(14)15)4-5-10-8-11(16-2)6-7-12(10)17-3/h6-9H,4-5H2,1-3H3,(H,14,15). The topological polar surface area (TPSA) is 55.8 Å². The van der Waals surface area contributed by atoms with Gasteiger partial charge in [-0.2, -0.15) is 0 Å². The molecule has 1 atom stereocenters. The van der Waals surface area contributed by atoms with E-state index in [4.69, 9.17) is 14.6 Å². The van der Waals surface area contributed by atoms with Crippen molar-refractivity contribution in [2.45, 2.75) is 19.8 Å². The number of ether oxygens (including phenoxy) is 2. The molecule has 0 aliphatic carbocycles. The summed E-state index contributed by atoms with van der Waals surface area (Å²) in [6.45, 7) is 1.70. The molecule has 94 valence electrons. The highest BCUT2D eigenvalue weighted by Crippen LogP contribution is 2.26. The summed E-state index contributed by atoms with van der Waals surface area (Å²) in [5, 5.41) is 8.83. The second-order valence-corrected chi connectivity index (χ2v) is 3.96. The van der Waals surface area contributed by atoms with E-state index in [1.165, 1.54) is 0 Å². The Hall–Kier alpha value is -1.71. The van der Waals surface area contributed by atoms with E-state index in [0.717, 1.165) is 17.1 Å². The minimum absolute atomic E-state index is 0.356. The molecule has 0 saturated heterocycles. The minimum Gasteiger partial charge on any atom is -0.497 e. The van der Waals surface area contributed by atoms with Gasteiger partial charge in [0.1, 0.15) is 11.5 Å². The first-order valence-corrected chi connectivity index (χ1v) is 5.52. The zero-order chi connectivity index (χ0) is 12.8. The van der Waals surface area contributed by atoms with Gasteiger partial charge >= 0.3 is 5.97 Å². The predicted molar refractivity (Wildman–Crippen MR) is 64.7 cm³/mol. The highest BCUT2D eigenvalue weighted by molar-refractivity contribution is 5.69. The maximum Gasteiger partial charge on any atom is 0.306 e. The lowest BCUT2D eigenvalue weighted by Crippen LogP contribution is -2.10. The molecule has 0 aromatic heterocycles. The molecule has 0 bridgehead atoms. The van der Waals surface area contributed by atoms with Gasteiger partial charge in [-0.25, -0.2) is 0 Å². The molecule has 0 amide bonds. The molecule has 1 unspecified atom stereocenters. The number of aliphatic carboxylic acids is 1. The van der Waals surface area contributed by atoms with Crippen molar-refractivity contribution < 1.29 is 19.4 Å². The molecule has 17 heavy (non-hydrogen) atoms. The summed E-state index contributed by atoms with van der Waals surface area (Å²) < 4.78 is 10.4. The van der Waals surface area contributed by atoms with E-state index < -0.39 is 5.97 Å². The molecule has 0 heterocycles. The van der Waals surface area contributed by atoms with Crippen LogP contribution in [0.4, 0.5) is 0 Å². The van der Waals surface area contributed by atoms with Crippen LogP contribution >= 0.6 is 0 Å². The zero-order valence-corrected chi connectivity index (χ0v) is 10.4. The summed E-state index contributed by atoms with van der Waals surface area (Å²) in [5.41, 5.74) is 0.972. The Morgan fingerprint density at radius 2 is 2.06 bits per heavy atom. The van der Waals surface area contributed by atoms with Gasteiger partial charge in [-0.3, -0.25) is 4.79 Å². The predicted octanol–water partition coefficient (Wildman–Crippen LogP) is 2.36. The number of hydrogen-bond donors (Lipinski definition) is 1. The Bertz CT molecular complexity index is 387. The first-order chi connectivity index (χ1) is 8.08. The molecule has 0 aliphatic heterocycles. The van der Waals surface area contributed by atoms with Crippen molar-refractivity contribution in [3.8, 4) is 11.5 Å². The van der Waals surface area contributed by atoms with Crippen molar-refractivity contribution in [2.24, 2.45) is 5.92 Å². The van der Waals surface area contributed by atoms with Gasteiger partial charge in [0.05, 0.1) is 20.1 Å². The van der Waals surface area contributed by atoms with Crippen LogP contribution in [-0.4, -0.2) is 25.3 Å². The van der Waals surface area contributed by atoms with E-state index >= 15 is 0 Å². The number of rotatable bonds is 6. The number of carboxylic acids is 1. The average Bonchev–Trinajstić information content (AvgIpc) is 2.35. The largest absolute Gasteiger partial charge is 0.497 e.